The lowest BCUT2D eigenvalue weighted by Gasteiger charge is -2.12. The standard InChI is InChI=1S/C30H33ClO5/c1-4-5-6-7-16-34-28-15-12-23-18-25(9-8-24(23)19-28)30(33)36-27-13-10-22(11-14-27)29(32)35-20-26(31)17-21(2)3/h4,8-15,18-19,21,26H,1,5-7,16-17,20H2,2-3H3/t26-/m0/s1. The zero-order valence-electron chi connectivity index (χ0n) is 20.9. The lowest BCUT2D eigenvalue weighted by molar-refractivity contribution is 0.0498. The summed E-state index contributed by atoms with van der Waals surface area (Å²) in [5.74, 6) is 0.630. The zero-order valence-corrected chi connectivity index (χ0v) is 21.6. The minimum absolute atomic E-state index is 0.153. The molecule has 0 radical (unpaired) electrons. The van der Waals surface area contributed by atoms with Crippen LogP contribution in [0.25, 0.3) is 10.8 Å². The smallest absolute Gasteiger partial charge is 0.343 e. The number of benzene rings is 3. The number of carbonyl (C=O) groups is 2. The number of carbonyl (C=O) groups excluding carboxylic acids is 2. The first-order valence-electron chi connectivity index (χ1n) is 12.3. The largest absolute Gasteiger partial charge is 0.494 e. The van der Waals surface area contributed by atoms with Crippen LogP contribution in [0.2, 0.25) is 0 Å². The topological polar surface area (TPSA) is 61.8 Å². The van der Waals surface area contributed by atoms with Crippen LogP contribution in [0.3, 0.4) is 0 Å². The van der Waals surface area contributed by atoms with E-state index in [0.29, 0.717) is 29.4 Å². The molecule has 3 aromatic carbocycles. The molecule has 36 heavy (non-hydrogen) atoms. The molecule has 0 heterocycles. The summed E-state index contributed by atoms with van der Waals surface area (Å²) in [6.07, 6.45) is 5.70. The fraction of sp³-hybridized carbons (Fsp3) is 0.333. The highest BCUT2D eigenvalue weighted by atomic mass is 35.5. The van der Waals surface area contributed by atoms with E-state index in [4.69, 9.17) is 25.8 Å². The van der Waals surface area contributed by atoms with E-state index < -0.39 is 11.9 Å². The number of allylic oxidation sites excluding steroid dienone is 1. The predicted octanol–water partition coefficient (Wildman–Crippen LogP) is 7.60. The van der Waals surface area contributed by atoms with E-state index in [0.717, 1.165) is 42.2 Å². The van der Waals surface area contributed by atoms with Gasteiger partial charge in [-0.05, 0) is 90.9 Å². The minimum Gasteiger partial charge on any atom is -0.494 e. The van der Waals surface area contributed by atoms with Gasteiger partial charge >= 0.3 is 11.9 Å². The zero-order chi connectivity index (χ0) is 25.9. The number of hydrogen-bond acceptors (Lipinski definition) is 5. The SMILES string of the molecule is C=CCCCCOc1ccc2cc(C(=O)Oc3ccc(C(=O)OC[C@@H](Cl)CC(C)C)cc3)ccc2c1. The van der Waals surface area contributed by atoms with Gasteiger partial charge < -0.3 is 14.2 Å². The molecule has 0 aliphatic carbocycles. The molecule has 0 saturated heterocycles. The van der Waals surface area contributed by atoms with Gasteiger partial charge in [0.1, 0.15) is 18.1 Å². The lowest BCUT2D eigenvalue weighted by Crippen LogP contribution is -2.16. The Labute approximate surface area is 218 Å². The van der Waals surface area contributed by atoms with E-state index in [2.05, 4.69) is 20.4 Å². The number of esters is 2. The van der Waals surface area contributed by atoms with Gasteiger partial charge in [0.15, 0.2) is 0 Å². The van der Waals surface area contributed by atoms with Crippen molar-refractivity contribution in [2.24, 2.45) is 5.92 Å². The quantitative estimate of drug-likeness (QED) is 0.0781. The minimum atomic E-state index is -0.478. The van der Waals surface area contributed by atoms with Crippen molar-refractivity contribution in [2.75, 3.05) is 13.2 Å². The third-order valence-corrected chi connectivity index (χ3v) is 5.85. The molecule has 0 N–H and O–H groups in total. The Bertz CT molecular complexity index is 1170. The third kappa shape index (κ3) is 8.42. The van der Waals surface area contributed by atoms with E-state index in [1.54, 1.807) is 36.4 Å². The van der Waals surface area contributed by atoms with E-state index in [1.807, 2.05) is 30.3 Å². The van der Waals surface area contributed by atoms with Crippen LogP contribution in [0.1, 0.15) is 60.2 Å². The summed E-state index contributed by atoms with van der Waals surface area (Å²) in [5.41, 5.74) is 0.801. The summed E-state index contributed by atoms with van der Waals surface area (Å²) in [7, 11) is 0. The number of alkyl halides is 1. The van der Waals surface area contributed by atoms with Gasteiger partial charge in [0.2, 0.25) is 0 Å². The van der Waals surface area contributed by atoms with Crippen molar-refractivity contribution in [1.29, 1.82) is 0 Å². The summed E-state index contributed by atoms with van der Waals surface area (Å²) in [6, 6.07) is 17.5. The number of unbranched alkanes of at least 4 members (excludes halogenated alkanes) is 2. The van der Waals surface area contributed by atoms with Crippen LogP contribution in [-0.4, -0.2) is 30.5 Å². The van der Waals surface area contributed by atoms with E-state index in [1.165, 1.54) is 0 Å². The molecule has 190 valence electrons. The van der Waals surface area contributed by atoms with Crippen LogP contribution in [0.15, 0.2) is 73.3 Å². The molecule has 0 amide bonds. The van der Waals surface area contributed by atoms with E-state index in [9.17, 15) is 9.59 Å². The maximum Gasteiger partial charge on any atom is 0.343 e. The first kappa shape index (κ1) is 27.3. The summed E-state index contributed by atoms with van der Waals surface area (Å²) >= 11 is 6.18. The monoisotopic (exact) mass is 508 g/mol. The molecule has 0 unspecified atom stereocenters. The van der Waals surface area contributed by atoms with Crippen molar-refractivity contribution in [3.63, 3.8) is 0 Å². The number of hydrogen-bond donors (Lipinski definition) is 0. The highest BCUT2D eigenvalue weighted by Crippen LogP contribution is 2.24. The first-order chi connectivity index (χ1) is 17.4. The molecular weight excluding hydrogens is 476 g/mol. The second kappa shape index (κ2) is 13.7. The molecule has 3 rings (SSSR count). The van der Waals surface area contributed by atoms with E-state index >= 15 is 0 Å². The molecule has 0 aromatic heterocycles. The van der Waals surface area contributed by atoms with Gasteiger partial charge in [-0.15, -0.1) is 18.2 Å². The summed E-state index contributed by atoms with van der Waals surface area (Å²) < 4.78 is 16.6. The number of halogens is 1. The van der Waals surface area contributed by atoms with Crippen molar-refractivity contribution in [1.82, 2.24) is 0 Å². The van der Waals surface area contributed by atoms with Gasteiger partial charge in [-0.3, -0.25) is 0 Å². The van der Waals surface area contributed by atoms with Gasteiger partial charge in [0, 0.05) is 0 Å². The molecule has 0 saturated carbocycles. The van der Waals surface area contributed by atoms with Gasteiger partial charge in [-0.2, -0.15) is 0 Å². The fourth-order valence-corrected chi connectivity index (χ4v) is 4.09. The van der Waals surface area contributed by atoms with Gasteiger partial charge in [0.25, 0.3) is 0 Å². The summed E-state index contributed by atoms with van der Waals surface area (Å²) in [4.78, 5) is 24.9. The maximum atomic E-state index is 12.7. The average molecular weight is 509 g/mol. The predicted molar refractivity (Wildman–Crippen MR) is 144 cm³/mol. The van der Waals surface area contributed by atoms with Crippen LogP contribution >= 0.6 is 11.6 Å². The Morgan fingerprint density at radius 3 is 2.28 bits per heavy atom. The van der Waals surface area contributed by atoms with Gasteiger partial charge in [-0.25, -0.2) is 9.59 Å². The van der Waals surface area contributed by atoms with Crippen molar-refractivity contribution in [2.45, 2.75) is 44.9 Å². The molecule has 0 bridgehead atoms. The molecule has 0 fully saturated rings. The molecule has 0 aliphatic rings. The fourth-order valence-electron chi connectivity index (χ4n) is 3.68. The van der Waals surface area contributed by atoms with Crippen LogP contribution in [-0.2, 0) is 4.74 Å². The number of rotatable bonds is 13. The van der Waals surface area contributed by atoms with Gasteiger partial charge in [0.05, 0.1) is 23.1 Å². The average Bonchev–Trinajstić information content (AvgIpc) is 2.86. The van der Waals surface area contributed by atoms with E-state index in [-0.39, 0.29) is 12.0 Å². The molecule has 1 atom stereocenters. The van der Waals surface area contributed by atoms with Gasteiger partial charge in [-0.1, -0.05) is 32.1 Å². The Balaban J connectivity index is 1.55. The third-order valence-electron chi connectivity index (χ3n) is 5.54. The van der Waals surface area contributed by atoms with Crippen molar-refractivity contribution in [3.05, 3.63) is 84.4 Å². The molecule has 0 spiro atoms. The van der Waals surface area contributed by atoms with Crippen molar-refractivity contribution >= 4 is 34.3 Å². The second-order valence-corrected chi connectivity index (χ2v) is 9.71. The highest BCUT2D eigenvalue weighted by Gasteiger charge is 2.14. The maximum absolute atomic E-state index is 12.7. The lowest BCUT2D eigenvalue weighted by atomic mass is 10.1. The molecule has 0 aliphatic heterocycles. The summed E-state index contributed by atoms with van der Waals surface area (Å²) in [6.45, 7) is 8.67. The van der Waals surface area contributed by atoms with Crippen molar-refractivity contribution < 1.29 is 23.8 Å². The Morgan fingerprint density at radius 1 is 0.889 bits per heavy atom. The number of ether oxygens (including phenoxy) is 3. The normalized spacial score (nSPS) is 11.8. The Morgan fingerprint density at radius 2 is 1.56 bits per heavy atom. The van der Waals surface area contributed by atoms with Crippen LogP contribution in [0.5, 0.6) is 11.5 Å². The first-order valence-corrected chi connectivity index (χ1v) is 12.7. The highest BCUT2D eigenvalue weighted by molar-refractivity contribution is 6.20. The Kier molecular flexibility index (Phi) is 10.4. The Hall–Kier alpha value is -3.31. The summed E-state index contributed by atoms with van der Waals surface area (Å²) in [5, 5.41) is 1.67. The number of fused-ring (bicyclic) bond motifs is 1. The van der Waals surface area contributed by atoms with Crippen LogP contribution in [0.4, 0.5) is 0 Å². The molecule has 5 nitrogen and oxygen atoms in total. The van der Waals surface area contributed by atoms with Crippen LogP contribution in [0, 0.1) is 5.92 Å². The van der Waals surface area contributed by atoms with Crippen LogP contribution < -0.4 is 9.47 Å². The molecular formula is C30H33ClO5. The molecule has 3 aromatic rings. The molecule has 6 heteroatoms. The second-order valence-electron chi connectivity index (χ2n) is 9.10. The van der Waals surface area contributed by atoms with Crippen molar-refractivity contribution in [3.8, 4) is 11.5 Å².